The maximum Gasteiger partial charge on any atom is 0.0373 e. The summed E-state index contributed by atoms with van der Waals surface area (Å²) >= 11 is 0. The molecule has 24 heavy (non-hydrogen) atoms. The summed E-state index contributed by atoms with van der Waals surface area (Å²) < 4.78 is 0. The fraction of sp³-hybridized carbons (Fsp3) is 0.455. The van der Waals surface area contributed by atoms with Gasteiger partial charge in [0.25, 0.3) is 0 Å². The predicted octanol–water partition coefficient (Wildman–Crippen LogP) is 5.53. The van der Waals surface area contributed by atoms with E-state index in [0.29, 0.717) is 11.8 Å². The van der Waals surface area contributed by atoms with Crippen molar-refractivity contribution in [2.75, 3.05) is 11.5 Å². The quantitative estimate of drug-likeness (QED) is 0.715. The second-order valence-electron chi connectivity index (χ2n) is 7.63. The Bertz CT molecular complexity index is 649. The van der Waals surface area contributed by atoms with Crippen LogP contribution in [-0.2, 0) is 0 Å². The molecule has 4 N–H and O–H groups in total. The van der Waals surface area contributed by atoms with Crippen LogP contribution in [0.2, 0.25) is 0 Å². The third kappa shape index (κ3) is 3.02. The Hall–Kier alpha value is -1.96. The van der Waals surface area contributed by atoms with E-state index in [4.69, 9.17) is 11.5 Å². The topological polar surface area (TPSA) is 52.0 Å². The standard InChI is InChI=1S/C22H30N2/c1-13-9-17(10-14(2)21(13)23)19-7-5-6-8-20(19)18-11-15(3)22(24)16(4)12-18/h9-12,19-20H,5-8,23-24H2,1-4H3. The minimum Gasteiger partial charge on any atom is -0.398 e. The average Bonchev–Trinajstić information content (AvgIpc) is 2.56. The van der Waals surface area contributed by atoms with Crippen LogP contribution in [0.25, 0.3) is 0 Å². The molecular weight excluding hydrogens is 292 g/mol. The first-order chi connectivity index (χ1) is 11.4. The molecule has 2 aromatic carbocycles. The van der Waals surface area contributed by atoms with E-state index in [2.05, 4.69) is 52.0 Å². The Balaban J connectivity index is 2.03. The van der Waals surface area contributed by atoms with Crippen LogP contribution in [0.4, 0.5) is 11.4 Å². The number of hydrogen-bond acceptors (Lipinski definition) is 2. The van der Waals surface area contributed by atoms with Crippen molar-refractivity contribution in [3.8, 4) is 0 Å². The zero-order valence-electron chi connectivity index (χ0n) is 15.4. The Morgan fingerprint density at radius 3 is 1.21 bits per heavy atom. The van der Waals surface area contributed by atoms with E-state index in [1.54, 1.807) is 0 Å². The lowest BCUT2D eigenvalue weighted by molar-refractivity contribution is 0.386. The van der Waals surface area contributed by atoms with E-state index in [1.807, 2.05) is 0 Å². The molecule has 128 valence electrons. The smallest absolute Gasteiger partial charge is 0.0373 e. The van der Waals surface area contributed by atoms with Crippen molar-refractivity contribution in [3.05, 3.63) is 57.6 Å². The van der Waals surface area contributed by atoms with Crippen molar-refractivity contribution in [2.45, 2.75) is 65.2 Å². The zero-order chi connectivity index (χ0) is 17.4. The Morgan fingerprint density at radius 1 is 0.625 bits per heavy atom. The van der Waals surface area contributed by atoms with Gasteiger partial charge in [-0.05, 0) is 85.8 Å². The summed E-state index contributed by atoms with van der Waals surface area (Å²) in [7, 11) is 0. The summed E-state index contributed by atoms with van der Waals surface area (Å²) in [6.45, 7) is 8.50. The normalized spacial score (nSPS) is 21.0. The Labute approximate surface area is 146 Å². The number of anilines is 2. The molecule has 3 rings (SSSR count). The van der Waals surface area contributed by atoms with E-state index in [9.17, 15) is 0 Å². The van der Waals surface area contributed by atoms with Gasteiger partial charge >= 0.3 is 0 Å². The molecular formula is C22H30N2. The summed E-state index contributed by atoms with van der Waals surface area (Å²) in [6.07, 6.45) is 5.15. The van der Waals surface area contributed by atoms with Crippen molar-refractivity contribution in [2.24, 2.45) is 0 Å². The van der Waals surface area contributed by atoms with Crippen LogP contribution in [0.15, 0.2) is 24.3 Å². The molecule has 0 saturated heterocycles. The zero-order valence-corrected chi connectivity index (χ0v) is 15.4. The number of hydrogen-bond donors (Lipinski definition) is 2. The average molecular weight is 322 g/mol. The molecule has 1 aliphatic carbocycles. The lowest BCUT2D eigenvalue weighted by atomic mass is 9.71. The van der Waals surface area contributed by atoms with E-state index < -0.39 is 0 Å². The molecule has 2 nitrogen and oxygen atoms in total. The van der Waals surface area contributed by atoms with E-state index in [0.717, 1.165) is 11.4 Å². The molecule has 1 saturated carbocycles. The predicted molar refractivity (Wildman–Crippen MR) is 105 cm³/mol. The molecule has 0 heterocycles. The van der Waals surface area contributed by atoms with Gasteiger partial charge < -0.3 is 11.5 Å². The third-order valence-electron chi connectivity index (χ3n) is 5.85. The van der Waals surface area contributed by atoms with Crippen LogP contribution < -0.4 is 11.5 Å². The van der Waals surface area contributed by atoms with E-state index in [1.165, 1.54) is 59.1 Å². The minimum atomic E-state index is 0.583. The number of rotatable bonds is 2. The van der Waals surface area contributed by atoms with Crippen LogP contribution in [0.3, 0.4) is 0 Å². The van der Waals surface area contributed by atoms with Gasteiger partial charge in [-0.3, -0.25) is 0 Å². The van der Waals surface area contributed by atoms with Gasteiger partial charge in [0, 0.05) is 11.4 Å². The van der Waals surface area contributed by atoms with Crippen molar-refractivity contribution in [1.82, 2.24) is 0 Å². The summed E-state index contributed by atoms with van der Waals surface area (Å²) in [4.78, 5) is 0. The highest BCUT2D eigenvalue weighted by atomic mass is 14.6. The first-order valence-corrected chi connectivity index (χ1v) is 9.11. The van der Waals surface area contributed by atoms with Crippen LogP contribution in [-0.4, -0.2) is 0 Å². The monoisotopic (exact) mass is 322 g/mol. The molecule has 2 unspecified atom stereocenters. The largest absolute Gasteiger partial charge is 0.398 e. The summed E-state index contributed by atoms with van der Waals surface area (Å²) in [5.41, 5.74) is 21.9. The molecule has 0 bridgehead atoms. The second kappa shape index (κ2) is 6.51. The molecule has 0 aromatic heterocycles. The SMILES string of the molecule is Cc1cc(C2CCCCC2c2cc(C)c(N)c(C)c2)cc(C)c1N. The summed E-state index contributed by atoms with van der Waals surface area (Å²) in [5.74, 6) is 1.17. The van der Waals surface area contributed by atoms with Crippen LogP contribution in [0, 0.1) is 27.7 Å². The van der Waals surface area contributed by atoms with Gasteiger partial charge in [0.2, 0.25) is 0 Å². The molecule has 2 aromatic rings. The first kappa shape index (κ1) is 16.9. The van der Waals surface area contributed by atoms with E-state index in [-0.39, 0.29) is 0 Å². The molecule has 2 heteroatoms. The lowest BCUT2D eigenvalue weighted by Crippen LogP contribution is -2.17. The maximum absolute atomic E-state index is 6.17. The molecule has 0 aliphatic heterocycles. The number of benzene rings is 2. The van der Waals surface area contributed by atoms with Crippen LogP contribution in [0.5, 0.6) is 0 Å². The maximum atomic E-state index is 6.17. The van der Waals surface area contributed by atoms with Crippen molar-refractivity contribution < 1.29 is 0 Å². The fourth-order valence-corrected chi connectivity index (χ4v) is 4.37. The van der Waals surface area contributed by atoms with Gasteiger partial charge in [-0.15, -0.1) is 0 Å². The number of nitrogens with two attached hydrogens (primary N) is 2. The number of aryl methyl sites for hydroxylation is 4. The van der Waals surface area contributed by atoms with Crippen molar-refractivity contribution in [1.29, 1.82) is 0 Å². The van der Waals surface area contributed by atoms with E-state index >= 15 is 0 Å². The van der Waals surface area contributed by atoms with Crippen LogP contribution in [0.1, 0.15) is 70.9 Å². The third-order valence-corrected chi connectivity index (χ3v) is 5.85. The van der Waals surface area contributed by atoms with Crippen LogP contribution >= 0.6 is 0 Å². The number of nitrogen functional groups attached to an aromatic ring is 2. The molecule has 0 amide bonds. The fourth-order valence-electron chi connectivity index (χ4n) is 4.37. The molecule has 0 radical (unpaired) electrons. The Morgan fingerprint density at radius 2 is 0.917 bits per heavy atom. The van der Waals surface area contributed by atoms with Gasteiger partial charge in [-0.2, -0.15) is 0 Å². The highest BCUT2D eigenvalue weighted by Crippen LogP contribution is 2.45. The summed E-state index contributed by atoms with van der Waals surface area (Å²) in [5, 5.41) is 0. The molecule has 1 aliphatic rings. The van der Waals surface area contributed by atoms with Crippen molar-refractivity contribution >= 4 is 11.4 Å². The summed E-state index contributed by atoms with van der Waals surface area (Å²) in [6, 6.07) is 9.23. The first-order valence-electron chi connectivity index (χ1n) is 9.11. The van der Waals surface area contributed by atoms with Gasteiger partial charge in [0.15, 0.2) is 0 Å². The van der Waals surface area contributed by atoms with Gasteiger partial charge in [0.05, 0.1) is 0 Å². The molecule has 0 spiro atoms. The van der Waals surface area contributed by atoms with Crippen molar-refractivity contribution in [3.63, 3.8) is 0 Å². The Kier molecular flexibility index (Phi) is 4.58. The highest BCUT2D eigenvalue weighted by molar-refractivity contribution is 5.57. The van der Waals surface area contributed by atoms with Gasteiger partial charge in [-0.25, -0.2) is 0 Å². The van der Waals surface area contributed by atoms with Gasteiger partial charge in [0.1, 0.15) is 0 Å². The second-order valence-corrected chi connectivity index (χ2v) is 7.63. The molecule has 1 fully saturated rings. The van der Waals surface area contributed by atoms with Gasteiger partial charge in [-0.1, -0.05) is 37.1 Å². The highest BCUT2D eigenvalue weighted by Gasteiger charge is 2.29. The minimum absolute atomic E-state index is 0.583. The molecule has 2 atom stereocenters. The lowest BCUT2D eigenvalue weighted by Gasteiger charge is -2.33.